The van der Waals surface area contributed by atoms with E-state index in [2.05, 4.69) is 21.4 Å². The first-order chi connectivity index (χ1) is 19.5. The van der Waals surface area contributed by atoms with Crippen LogP contribution in [-0.2, 0) is 13.6 Å². The Labute approximate surface area is 232 Å². The summed E-state index contributed by atoms with van der Waals surface area (Å²) in [6, 6.07) is 25.0. The van der Waals surface area contributed by atoms with Crippen molar-refractivity contribution in [1.29, 1.82) is 5.26 Å². The highest BCUT2D eigenvalue weighted by Gasteiger charge is 2.25. The number of rotatable bonds is 4. The van der Waals surface area contributed by atoms with Gasteiger partial charge in [-0.15, -0.1) is 0 Å². The van der Waals surface area contributed by atoms with Gasteiger partial charge in [0.1, 0.15) is 12.6 Å². The van der Waals surface area contributed by atoms with Crippen LogP contribution >= 0.6 is 11.6 Å². The van der Waals surface area contributed by atoms with Crippen molar-refractivity contribution in [3.05, 3.63) is 106 Å². The van der Waals surface area contributed by atoms with Crippen LogP contribution in [0, 0.1) is 11.3 Å². The molecule has 0 spiro atoms. The third-order valence-corrected chi connectivity index (χ3v) is 7.29. The SMILES string of the molecule is Cn1ncc(-c2cc(Cl)c3c(=O)[nH]nc(CN4Oc5ccccc5O4)c3c2)c1-c1ccc2ccccc2c1C#N. The third kappa shape index (κ3) is 3.78. The molecule has 40 heavy (non-hydrogen) atoms. The van der Waals surface area contributed by atoms with E-state index in [0.29, 0.717) is 33.5 Å². The minimum Gasteiger partial charge on any atom is -0.367 e. The molecule has 1 aliphatic rings. The number of hydrogen-bond acceptors (Lipinski definition) is 7. The number of halogens is 1. The van der Waals surface area contributed by atoms with Gasteiger partial charge in [-0.2, -0.15) is 15.5 Å². The molecular formula is C30H19ClN6O3. The Morgan fingerprint density at radius 2 is 1.73 bits per heavy atom. The van der Waals surface area contributed by atoms with Crippen LogP contribution in [0.1, 0.15) is 11.3 Å². The van der Waals surface area contributed by atoms with Crippen LogP contribution in [-0.4, -0.2) is 25.2 Å². The molecule has 6 aromatic rings. The highest BCUT2D eigenvalue weighted by atomic mass is 35.5. The number of H-pyrrole nitrogens is 1. The second-order valence-corrected chi connectivity index (χ2v) is 9.76. The van der Waals surface area contributed by atoms with Crippen molar-refractivity contribution in [2.45, 2.75) is 6.54 Å². The maximum Gasteiger partial charge on any atom is 0.273 e. The molecule has 2 aromatic heterocycles. The molecule has 1 N–H and O–H groups in total. The molecule has 0 aliphatic carbocycles. The molecule has 4 aromatic carbocycles. The van der Waals surface area contributed by atoms with Crippen LogP contribution in [0.5, 0.6) is 11.5 Å². The van der Waals surface area contributed by atoms with Crippen LogP contribution in [0.25, 0.3) is 43.9 Å². The molecule has 0 fully saturated rings. The fourth-order valence-corrected chi connectivity index (χ4v) is 5.46. The smallest absolute Gasteiger partial charge is 0.273 e. The van der Waals surface area contributed by atoms with Crippen molar-refractivity contribution in [2.75, 3.05) is 0 Å². The van der Waals surface area contributed by atoms with Gasteiger partial charge in [0.05, 0.1) is 33.6 Å². The van der Waals surface area contributed by atoms with E-state index in [4.69, 9.17) is 21.3 Å². The standard InChI is InChI=1S/C30H19ClN6O3/c1-36-29(20-11-10-17-6-2-3-7-19(17)22(20)14-32)23(15-33-36)18-12-21-25(34-35-30(38)28(21)24(31)13-18)16-37-39-26-8-4-5-9-27(26)40-37/h2-13,15H,16H2,1H3,(H,35,38). The Hall–Kier alpha value is -5.17. The minimum atomic E-state index is -0.408. The summed E-state index contributed by atoms with van der Waals surface area (Å²) in [5.41, 5.74) is 3.61. The summed E-state index contributed by atoms with van der Waals surface area (Å²) in [5, 5.41) is 25.7. The van der Waals surface area contributed by atoms with Gasteiger partial charge in [0.25, 0.3) is 5.56 Å². The lowest BCUT2D eigenvalue weighted by Crippen LogP contribution is -2.27. The number of nitrogens with one attached hydrogen (secondary N) is 1. The van der Waals surface area contributed by atoms with E-state index in [-0.39, 0.29) is 11.6 Å². The zero-order valence-corrected chi connectivity index (χ0v) is 21.8. The summed E-state index contributed by atoms with van der Waals surface area (Å²) in [6.45, 7) is 0.116. The lowest BCUT2D eigenvalue weighted by atomic mass is 9.93. The quantitative estimate of drug-likeness (QED) is 0.299. The van der Waals surface area contributed by atoms with Gasteiger partial charge in [-0.25, -0.2) is 5.10 Å². The Morgan fingerprint density at radius 1 is 0.975 bits per heavy atom. The summed E-state index contributed by atoms with van der Waals surface area (Å²) < 4.78 is 1.73. The van der Waals surface area contributed by atoms with Crippen molar-refractivity contribution in [3.63, 3.8) is 0 Å². The van der Waals surface area contributed by atoms with Crippen molar-refractivity contribution in [3.8, 4) is 40.0 Å². The average molecular weight is 547 g/mol. The summed E-state index contributed by atoms with van der Waals surface area (Å²) in [5.74, 6) is 1.16. The van der Waals surface area contributed by atoms with Crippen LogP contribution < -0.4 is 15.2 Å². The van der Waals surface area contributed by atoms with Crippen LogP contribution in [0.2, 0.25) is 5.02 Å². The number of aromatic amines is 1. The van der Waals surface area contributed by atoms with Crippen LogP contribution in [0.4, 0.5) is 0 Å². The molecule has 0 atom stereocenters. The summed E-state index contributed by atoms with van der Waals surface area (Å²) in [4.78, 5) is 24.3. The number of aryl methyl sites for hydroxylation is 1. The van der Waals surface area contributed by atoms with Gasteiger partial charge in [0, 0.05) is 34.2 Å². The van der Waals surface area contributed by atoms with E-state index >= 15 is 0 Å². The van der Waals surface area contributed by atoms with Gasteiger partial charge >= 0.3 is 0 Å². The minimum absolute atomic E-state index is 0.116. The first kappa shape index (κ1) is 23.9. The van der Waals surface area contributed by atoms with Gasteiger partial charge in [-0.05, 0) is 35.2 Å². The Bertz CT molecular complexity index is 2050. The lowest BCUT2D eigenvalue weighted by Gasteiger charge is -2.15. The molecule has 0 unspecified atom stereocenters. The topological polar surface area (TPSA) is 109 Å². The number of nitrogens with zero attached hydrogens (tertiary/aromatic N) is 5. The maximum atomic E-state index is 12.8. The molecular weight excluding hydrogens is 528 g/mol. The predicted molar refractivity (Wildman–Crippen MR) is 150 cm³/mol. The molecule has 9 nitrogen and oxygen atoms in total. The van der Waals surface area contributed by atoms with E-state index in [1.54, 1.807) is 29.1 Å². The number of benzene rings is 4. The molecule has 0 saturated carbocycles. The molecule has 194 valence electrons. The van der Waals surface area contributed by atoms with Gasteiger partial charge < -0.3 is 9.68 Å². The molecule has 0 bridgehead atoms. The van der Waals surface area contributed by atoms with Crippen molar-refractivity contribution in [2.24, 2.45) is 7.05 Å². The largest absolute Gasteiger partial charge is 0.367 e. The predicted octanol–water partition coefficient (Wildman–Crippen LogP) is 5.77. The number of aromatic nitrogens is 4. The second kappa shape index (κ2) is 9.24. The van der Waals surface area contributed by atoms with Gasteiger partial charge in [-0.3, -0.25) is 9.48 Å². The normalized spacial score (nSPS) is 12.7. The van der Waals surface area contributed by atoms with E-state index in [1.165, 1.54) is 5.23 Å². The number of hydrogen-bond donors (Lipinski definition) is 1. The zero-order valence-electron chi connectivity index (χ0n) is 21.1. The molecule has 10 heteroatoms. The van der Waals surface area contributed by atoms with Crippen LogP contribution in [0.3, 0.4) is 0 Å². The first-order valence-corrected chi connectivity index (χ1v) is 12.8. The van der Waals surface area contributed by atoms with E-state index in [0.717, 1.165) is 33.2 Å². The monoisotopic (exact) mass is 546 g/mol. The Kier molecular flexibility index (Phi) is 5.52. The Morgan fingerprint density at radius 3 is 2.50 bits per heavy atom. The van der Waals surface area contributed by atoms with Crippen LogP contribution in [0.15, 0.2) is 83.8 Å². The van der Waals surface area contributed by atoms with Crippen molar-refractivity contribution in [1.82, 2.24) is 25.2 Å². The average Bonchev–Trinajstić information content (AvgIpc) is 3.56. The highest BCUT2D eigenvalue weighted by molar-refractivity contribution is 6.36. The molecule has 3 heterocycles. The third-order valence-electron chi connectivity index (χ3n) is 6.99. The van der Waals surface area contributed by atoms with Gasteiger partial charge in [0.2, 0.25) is 0 Å². The summed E-state index contributed by atoms with van der Waals surface area (Å²) >= 11 is 6.72. The number of para-hydroxylation sites is 2. The summed E-state index contributed by atoms with van der Waals surface area (Å²) in [6.07, 6.45) is 1.73. The first-order valence-electron chi connectivity index (χ1n) is 12.4. The van der Waals surface area contributed by atoms with Gasteiger partial charge in [0.15, 0.2) is 11.5 Å². The van der Waals surface area contributed by atoms with Crippen molar-refractivity contribution < 1.29 is 9.68 Å². The number of fused-ring (bicyclic) bond motifs is 3. The lowest BCUT2D eigenvalue weighted by molar-refractivity contribution is -0.234. The molecule has 0 saturated heterocycles. The van der Waals surface area contributed by atoms with E-state index in [1.807, 2.05) is 61.6 Å². The highest BCUT2D eigenvalue weighted by Crippen LogP contribution is 2.39. The van der Waals surface area contributed by atoms with Gasteiger partial charge in [-0.1, -0.05) is 60.1 Å². The fourth-order valence-electron chi connectivity index (χ4n) is 5.16. The maximum absolute atomic E-state index is 12.8. The van der Waals surface area contributed by atoms with Crippen molar-refractivity contribution >= 4 is 33.1 Å². The molecule has 1 aliphatic heterocycles. The Balaban J connectivity index is 1.37. The molecule has 0 radical (unpaired) electrons. The second-order valence-electron chi connectivity index (χ2n) is 9.35. The fraction of sp³-hybridized carbons (Fsp3) is 0.0667. The number of hydroxylamine groups is 2. The number of nitriles is 1. The zero-order chi connectivity index (χ0) is 27.4. The molecule has 0 amide bonds. The van der Waals surface area contributed by atoms with E-state index < -0.39 is 5.56 Å². The summed E-state index contributed by atoms with van der Waals surface area (Å²) in [7, 11) is 1.83. The molecule has 7 rings (SSSR count). The van der Waals surface area contributed by atoms with E-state index in [9.17, 15) is 10.1 Å².